The smallest absolute Gasteiger partial charge is 0.145 e. The second kappa shape index (κ2) is 6.20. The molecule has 0 spiro atoms. The van der Waals surface area contributed by atoms with Crippen molar-refractivity contribution in [3.8, 4) is 0 Å². The molecule has 0 radical (unpaired) electrons. The lowest BCUT2D eigenvalue weighted by molar-refractivity contribution is 0.518. The zero-order chi connectivity index (χ0) is 14.9. The first-order valence-electron chi connectivity index (χ1n) is 6.01. The van der Waals surface area contributed by atoms with Crippen molar-refractivity contribution >= 4 is 27.5 Å². The zero-order valence-corrected chi connectivity index (χ0v) is 13.3. The fourth-order valence-electron chi connectivity index (χ4n) is 2.22. The van der Waals surface area contributed by atoms with Gasteiger partial charge in [0, 0.05) is 10.6 Å². The summed E-state index contributed by atoms with van der Waals surface area (Å²) >= 11 is 9.11. The lowest BCUT2D eigenvalue weighted by atomic mass is 9.96. The Morgan fingerprint density at radius 3 is 2.50 bits per heavy atom. The molecule has 0 saturated carbocycles. The Hall–Kier alpha value is -0.970. The lowest BCUT2D eigenvalue weighted by Crippen LogP contribution is -2.20. The third-order valence-corrected chi connectivity index (χ3v) is 3.89. The Morgan fingerprint density at radius 1 is 1.20 bits per heavy atom. The van der Waals surface area contributed by atoms with E-state index in [9.17, 15) is 8.78 Å². The van der Waals surface area contributed by atoms with E-state index in [4.69, 9.17) is 11.6 Å². The zero-order valence-electron chi connectivity index (χ0n) is 11.0. The van der Waals surface area contributed by atoms with Crippen molar-refractivity contribution < 1.29 is 8.78 Å². The molecule has 1 nitrogen and oxygen atoms in total. The number of halogens is 4. The van der Waals surface area contributed by atoms with Crippen LogP contribution >= 0.6 is 27.5 Å². The van der Waals surface area contributed by atoms with E-state index in [-0.39, 0.29) is 10.0 Å². The molecule has 2 rings (SSSR count). The van der Waals surface area contributed by atoms with Crippen LogP contribution < -0.4 is 5.32 Å². The maximum atomic E-state index is 14.2. The van der Waals surface area contributed by atoms with Crippen molar-refractivity contribution in [2.45, 2.75) is 13.0 Å². The minimum Gasteiger partial charge on any atom is -0.309 e. The average molecular weight is 361 g/mol. The number of hydrogen-bond acceptors (Lipinski definition) is 1. The molecule has 0 aromatic heterocycles. The van der Waals surface area contributed by atoms with Gasteiger partial charge in [0.1, 0.15) is 11.6 Å². The predicted molar refractivity (Wildman–Crippen MR) is 81.1 cm³/mol. The van der Waals surface area contributed by atoms with E-state index < -0.39 is 17.7 Å². The van der Waals surface area contributed by atoms with E-state index in [0.29, 0.717) is 10.6 Å². The largest absolute Gasteiger partial charge is 0.309 e. The van der Waals surface area contributed by atoms with E-state index in [1.165, 1.54) is 12.1 Å². The quantitative estimate of drug-likeness (QED) is 0.760. The molecule has 0 aliphatic carbocycles. The van der Waals surface area contributed by atoms with Crippen molar-refractivity contribution in [1.82, 2.24) is 5.32 Å². The van der Waals surface area contributed by atoms with Crippen LogP contribution in [0.3, 0.4) is 0 Å². The highest BCUT2D eigenvalue weighted by Crippen LogP contribution is 2.32. The van der Waals surface area contributed by atoms with Crippen LogP contribution in [0.4, 0.5) is 8.78 Å². The summed E-state index contributed by atoms with van der Waals surface area (Å²) < 4.78 is 28.5. The van der Waals surface area contributed by atoms with Crippen LogP contribution in [0.15, 0.2) is 34.8 Å². The van der Waals surface area contributed by atoms with Gasteiger partial charge < -0.3 is 5.32 Å². The van der Waals surface area contributed by atoms with Gasteiger partial charge in [-0.3, -0.25) is 0 Å². The summed E-state index contributed by atoms with van der Waals surface area (Å²) in [7, 11) is 1.65. The van der Waals surface area contributed by atoms with Crippen molar-refractivity contribution in [3.05, 3.63) is 68.2 Å². The number of nitrogens with one attached hydrogen (secondary N) is 1. The second-order valence-corrected chi connectivity index (χ2v) is 5.83. The molecule has 1 N–H and O–H groups in total. The first-order valence-corrected chi connectivity index (χ1v) is 7.19. The summed E-state index contributed by atoms with van der Waals surface area (Å²) in [4.78, 5) is 0. The Labute approximate surface area is 130 Å². The summed E-state index contributed by atoms with van der Waals surface area (Å²) in [6.45, 7) is 1.88. The van der Waals surface area contributed by atoms with Crippen LogP contribution in [0.5, 0.6) is 0 Å². The van der Waals surface area contributed by atoms with Gasteiger partial charge in [-0.25, -0.2) is 8.78 Å². The third kappa shape index (κ3) is 3.03. The number of hydrogen-bond donors (Lipinski definition) is 1. The van der Waals surface area contributed by atoms with E-state index >= 15 is 0 Å². The first-order chi connectivity index (χ1) is 9.43. The van der Waals surface area contributed by atoms with Gasteiger partial charge in [-0.05, 0) is 65.3 Å². The van der Waals surface area contributed by atoms with Gasteiger partial charge in [-0.2, -0.15) is 0 Å². The molecular formula is C15H13BrClF2N. The number of rotatable bonds is 3. The van der Waals surface area contributed by atoms with Gasteiger partial charge in [-0.15, -0.1) is 0 Å². The van der Waals surface area contributed by atoms with E-state index in [1.54, 1.807) is 19.2 Å². The normalized spacial score (nSPS) is 12.5. The minimum atomic E-state index is -0.609. The highest BCUT2D eigenvalue weighted by Gasteiger charge is 2.22. The molecule has 0 bridgehead atoms. The Kier molecular flexibility index (Phi) is 4.78. The van der Waals surface area contributed by atoms with Gasteiger partial charge in [-0.1, -0.05) is 17.7 Å². The summed E-state index contributed by atoms with van der Waals surface area (Å²) in [5.41, 5.74) is 1.63. The average Bonchev–Trinajstić information content (AvgIpc) is 2.38. The molecule has 2 aromatic rings. The third-order valence-electron chi connectivity index (χ3n) is 3.05. The predicted octanol–water partition coefficient (Wildman–Crippen LogP) is 5.00. The van der Waals surface area contributed by atoms with Gasteiger partial charge >= 0.3 is 0 Å². The molecule has 0 saturated heterocycles. The van der Waals surface area contributed by atoms with Crippen molar-refractivity contribution in [1.29, 1.82) is 0 Å². The van der Waals surface area contributed by atoms with Gasteiger partial charge in [0.05, 0.1) is 10.5 Å². The molecule has 20 heavy (non-hydrogen) atoms. The second-order valence-electron chi connectivity index (χ2n) is 4.54. The minimum absolute atomic E-state index is 0.0245. The molecule has 0 amide bonds. The summed E-state index contributed by atoms with van der Waals surface area (Å²) in [6.07, 6.45) is 0. The van der Waals surface area contributed by atoms with E-state index in [1.807, 2.05) is 13.0 Å². The SMILES string of the molecule is CNC(c1cc(C)cc(Cl)c1)c1c(F)ccc(Br)c1F. The highest BCUT2D eigenvalue weighted by atomic mass is 79.9. The molecular weight excluding hydrogens is 348 g/mol. The molecule has 5 heteroatoms. The standard InChI is InChI=1S/C15H13BrClF2N/c1-8-5-9(7-10(17)6-8)15(20-2)13-12(18)4-3-11(16)14(13)19/h3-7,15,20H,1-2H3. The van der Waals surface area contributed by atoms with Gasteiger partial charge in [0.2, 0.25) is 0 Å². The van der Waals surface area contributed by atoms with Crippen LogP contribution in [0, 0.1) is 18.6 Å². The lowest BCUT2D eigenvalue weighted by Gasteiger charge is -2.20. The molecule has 0 aliphatic rings. The maximum Gasteiger partial charge on any atom is 0.145 e. The molecule has 0 heterocycles. The van der Waals surface area contributed by atoms with Crippen molar-refractivity contribution in [2.75, 3.05) is 7.05 Å². The van der Waals surface area contributed by atoms with Crippen LogP contribution in [-0.4, -0.2) is 7.05 Å². The van der Waals surface area contributed by atoms with Crippen LogP contribution in [0.1, 0.15) is 22.7 Å². The number of aryl methyl sites for hydroxylation is 1. The molecule has 2 aromatic carbocycles. The summed E-state index contributed by atoms with van der Waals surface area (Å²) in [5, 5.41) is 3.48. The fourth-order valence-corrected chi connectivity index (χ4v) is 2.86. The Balaban J connectivity index is 2.61. The summed E-state index contributed by atoms with van der Waals surface area (Å²) in [6, 6.07) is 7.34. The Bertz CT molecular complexity index is 626. The molecule has 1 atom stereocenters. The Morgan fingerprint density at radius 2 is 1.90 bits per heavy atom. The van der Waals surface area contributed by atoms with Crippen molar-refractivity contribution in [3.63, 3.8) is 0 Å². The fraction of sp³-hybridized carbons (Fsp3) is 0.200. The maximum absolute atomic E-state index is 14.2. The topological polar surface area (TPSA) is 12.0 Å². The van der Waals surface area contributed by atoms with Crippen LogP contribution in [0.2, 0.25) is 5.02 Å². The van der Waals surface area contributed by atoms with E-state index in [2.05, 4.69) is 21.2 Å². The molecule has 0 fully saturated rings. The van der Waals surface area contributed by atoms with Gasteiger partial charge in [0.25, 0.3) is 0 Å². The van der Waals surface area contributed by atoms with E-state index in [0.717, 1.165) is 5.56 Å². The molecule has 0 aliphatic heterocycles. The van der Waals surface area contributed by atoms with Crippen LogP contribution in [-0.2, 0) is 0 Å². The first kappa shape index (κ1) is 15.4. The highest BCUT2D eigenvalue weighted by molar-refractivity contribution is 9.10. The van der Waals surface area contributed by atoms with Crippen LogP contribution in [0.25, 0.3) is 0 Å². The number of benzene rings is 2. The molecule has 1 unspecified atom stereocenters. The summed E-state index contributed by atoms with van der Waals surface area (Å²) in [5.74, 6) is -1.20. The van der Waals surface area contributed by atoms with Crippen molar-refractivity contribution in [2.24, 2.45) is 0 Å². The van der Waals surface area contributed by atoms with Gasteiger partial charge in [0.15, 0.2) is 0 Å². The molecule has 106 valence electrons. The monoisotopic (exact) mass is 359 g/mol.